The van der Waals surface area contributed by atoms with Crippen molar-refractivity contribution in [3.63, 3.8) is 0 Å². The van der Waals surface area contributed by atoms with E-state index in [2.05, 4.69) is 5.32 Å². The van der Waals surface area contributed by atoms with Crippen LogP contribution in [0.4, 0.5) is 5.69 Å². The Morgan fingerprint density at radius 1 is 1.18 bits per heavy atom. The summed E-state index contributed by atoms with van der Waals surface area (Å²) in [5, 5.41) is 12.2. The van der Waals surface area contributed by atoms with Crippen LogP contribution in [0.3, 0.4) is 0 Å². The summed E-state index contributed by atoms with van der Waals surface area (Å²) < 4.78 is 16.5. The summed E-state index contributed by atoms with van der Waals surface area (Å²) in [4.78, 5) is 12.6. The van der Waals surface area contributed by atoms with E-state index in [1.165, 1.54) is 6.08 Å². The van der Waals surface area contributed by atoms with E-state index in [1.54, 1.807) is 43.5 Å². The highest BCUT2D eigenvalue weighted by molar-refractivity contribution is 6.10. The van der Waals surface area contributed by atoms with Crippen LogP contribution >= 0.6 is 0 Å². The molecular weight excluding hydrogens is 356 g/mol. The van der Waals surface area contributed by atoms with Gasteiger partial charge in [-0.2, -0.15) is 5.26 Å². The van der Waals surface area contributed by atoms with Gasteiger partial charge in [0.15, 0.2) is 11.5 Å². The van der Waals surface area contributed by atoms with Crippen molar-refractivity contribution in [3.8, 4) is 23.3 Å². The number of benzene rings is 2. The normalized spacial score (nSPS) is 10.9. The molecule has 6 heteroatoms. The van der Waals surface area contributed by atoms with E-state index in [9.17, 15) is 10.1 Å². The summed E-state index contributed by atoms with van der Waals surface area (Å²) in [6.45, 7) is 6.18. The van der Waals surface area contributed by atoms with Gasteiger partial charge < -0.3 is 19.5 Å². The first-order chi connectivity index (χ1) is 13.5. The average Bonchev–Trinajstić information content (AvgIpc) is 2.68. The third kappa shape index (κ3) is 5.52. The van der Waals surface area contributed by atoms with Crippen molar-refractivity contribution < 1.29 is 19.0 Å². The molecule has 0 aromatic heterocycles. The minimum absolute atomic E-state index is 0.00106. The molecule has 0 radical (unpaired) electrons. The maximum Gasteiger partial charge on any atom is 0.266 e. The van der Waals surface area contributed by atoms with Crippen LogP contribution in [0.15, 0.2) is 48.0 Å². The Labute approximate surface area is 165 Å². The zero-order valence-corrected chi connectivity index (χ0v) is 16.5. The predicted octanol–water partition coefficient (Wildman–Crippen LogP) is 4.43. The summed E-state index contributed by atoms with van der Waals surface area (Å²) in [6, 6.07) is 14.3. The standard InChI is InChI=1S/C22H24N2O4/c1-5-27-19-9-7-6-8-18(19)24-22(25)17(14-23)12-16-10-11-20(28-15(2)3)21(13-16)26-4/h6-13,15H,5H2,1-4H3,(H,24,25)/b17-12+. The number of amides is 1. The van der Waals surface area contributed by atoms with Crippen LogP contribution in [0.1, 0.15) is 26.3 Å². The molecule has 1 amide bonds. The summed E-state index contributed by atoms with van der Waals surface area (Å²) in [6.07, 6.45) is 1.50. The maximum absolute atomic E-state index is 12.6. The molecule has 146 valence electrons. The lowest BCUT2D eigenvalue weighted by atomic mass is 10.1. The first-order valence-corrected chi connectivity index (χ1v) is 8.98. The molecule has 0 unspecified atom stereocenters. The van der Waals surface area contributed by atoms with E-state index in [1.807, 2.05) is 32.9 Å². The Balaban J connectivity index is 2.26. The molecule has 0 fully saturated rings. The van der Waals surface area contributed by atoms with Crippen LogP contribution in [-0.2, 0) is 4.79 Å². The van der Waals surface area contributed by atoms with Crippen LogP contribution in [0.5, 0.6) is 17.2 Å². The molecule has 0 aliphatic carbocycles. The molecule has 0 atom stereocenters. The second-order valence-corrected chi connectivity index (χ2v) is 6.13. The number of hydrogen-bond donors (Lipinski definition) is 1. The van der Waals surface area contributed by atoms with Crippen molar-refractivity contribution >= 4 is 17.7 Å². The molecule has 0 saturated carbocycles. The minimum atomic E-state index is -0.517. The smallest absolute Gasteiger partial charge is 0.266 e. The molecule has 0 bridgehead atoms. The van der Waals surface area contributed by atoms with Crippen molar-refractivity contribution in [3.05, 3.63) is 53.6 Å². The van der Waals surface area contributed by atoms with Gasteiger partial charge in [0, 0.05) is 0 Å². The number of nitriles is 1. The number of nitrogens with one attached hydrogen (secondary N) is 1. The molecule has 1 N–H and O–H groups in total. The van der Waals surface area contributed by atoms with Gasteiger partial charge in [0.2, 0.25) is 0 Å². The van der Waals surface area contributed by atoms with Crippen LogP contribution < -0.4 is 19.5 Å². The number of carbonyl (C=O) groups is 1. The fourth-order valence-electron chi connectivity index (χ4n) is 2.48. The SMILES string of the molecule is CCOc1ccccc1NC(=O)/C(C#N)=C/c1ccc(OC(C)C)c(OC)c1. The van der Waals surface area contributed by atoms with Crippen molar-refractivity contribution in [2.75, 3.05) is 19.0 Å². The quantitative estimate of drug-likeness (QED) is 0.541. The van der Waals surface area contributed by atoms with Crippen molar-refractivity contribution in [2.24, 2.45) is 0 Å². The van der Waals surface area contributed by atoms with Gasteiger partial charge in [-0.3, -0.25) is 4.79 Å². The fourth-order valence-corrected chi connectivity index (χ4v) is 2.48. The zero-order chi connectivity index (χ0) is 20.5. The number of hydrogen-bond acceptors (Lipinski definition) is 5. The predicted molar refractivity (Wildman–Crippen MR) is 109 cm³/mol. The summed E-state index contributed by atoms with van der Waals surface area (Å²) in [7, 11) is 1.54. The third-order valence-corrected chi connectivity index (χ3v) is 3.66. The summed E-state index contributed by atoms with van der Waals surface area (Å²) >= 11 is 0. The number of rotatable bonds is 8. The molecule has 2 aromatic carbocycles. The van der Waals surface area contributed by atoms with Gasteiger partial charge in [0.05, 0.1) is 25.5 Å². The summed E-state index contributed by atoms with van der Waals surface area (Å²) in [5.41, 5.74) is 1.12. The second-order valence-electron chi connectivity index (χ2n) is 6.13. The van der Waals surface area contributed by atoms with E-state index < -0.39 is 5.91 Å². The second kappa shape index (κ2) is 10.0. The molecule has 2 rings (SSSR count). The van der Waals surface area contributed by atoms with E-state index in [0.29, 0.717) is 35.1 Å². The van der Waals surface area contributed by atoms with E-state index >= 15 is 0 Å². The Kier molecular flexibility index (Phi) is 7.46. The van der Waals surface area contributed by atoms with Crippen molar-refractivity contribution in [1.82, 2.24) is 0 Å². The van der Waals surface area contributed by atoms with Crippen molar-refractivity contribution in [2.45, 2.75) is 26.9 Å². The van der Waals surface area contributed by atoms with E-state index in [-0.39, 0.29) is 11.7 Å². The molecule has 0 aliphatic rings. The monoisotopic (exact) mass is 380 g/mol. The Bertz CT molecular complexity index is 898. The number of anilines is 1. The van der Waals surface area contributed by atoms with Gasteiger partial charge in [-0.05, 0) is 56.7 Å². The molecule has 0 heterocycles. The van der Waals surface area contributed by atoms with Gasteiger partial charge in [-0.1, -0.05) is 18.2 Å². The Morgan fingerprint density at radius 3 is 2.57 bits per heavy atom. The number of para-hydroxylation sites is 2. The first-order valence-electron chi connectivity index (χ1n) is 8.98. The van der Waals surface area contributed by atoms with Crippen molar-refractivity contribution in [1.29, 1.82) is 5.26 Å². The highest BCUT2D eigenvalue weighted by Crippen LogP contribution is 2.30. The lowest BCUT2D eigenvalue weighted by Gasteiger charge is -2.14. The number of ether oxygens (including phenoxy) is 3. The van der Waals surface area contributed by atoms with Gasteiger partial charge in [-0.25, -0.2) is 0 Å². The molecule has 6 nitrogen and oxygen atoms in total. The lowest BCUT2D eigenvalue weighted by molar-refractivity contribution is -0.112. The number of carbonyl (C=O) groups excluding carboxylic acids is 1. The topological polar surface area (TPSA) is 80.6 Å². The first kappa shape index (κ1) is 20.8. The largest absolute Gasteiger partial charge is 0.493 e. The van der Waals surface area contributed by atoms with Gasteiger partial charge in [0.1, 0.15) is 17.4 Å². The van der Waals surface area contributed by atoms with Gasteiger partial charge in [-0.15, -0.1) is 0 Å². The number of nitrogens with zero attached hydrogens (tertiary/aromatic N) is 1. The van der Waals surface area contributed by atoms with Gasteiger partial charge in [0.25, 0.3) is 5.91 Å². The van der Waals surface area contributed by atoms with E-state index in [4.69, 9.17) is 14.2 Å². The molecule has 0 aliphatic heterocycles. The Hall–Kier alpha value is -3.46. The third-order valence-electron chi connectivity index (χ3n) is 3.66. The molecule has 0 saturated heterocycles. The summed E-state index contributed by atoms with van der Waals surface area (Å²) in [5.74, 6) is 1.16. The van der Waals surface area contributed by atoms with Gasteiger partial charge >= 0.3 is 0 Å². The number of methoxy groups -OCH3 is 1. The maximum atomic E-state index is 12.6. The average molecular weight is 380 g/mol. The zero-order valence-electron chi connectivity index (χ0n) is 16.5. The molecular formula is C22H24N2O4. The fraction of sp³-hybridized carbons (Fsp3) is 0.273. The molecule has 2 aromatic rings. The Morgan fingerprint density at radius 2 is 1.93 bits per heavy atom. The molecule has 28 heavy (non-hydrogen) atoms. The minimum Gasteiger partial charge on any atom is -0.493 e. The van der Waals surface area contributed by atoms with Crippen LogP contribution in [0.25, 0.3) is 6.08 Å². The highest BCUT2D eigenvalue weighted by Gasteiger charge is 2.13. The lowest BCUT2D eigenvalue weighted by Crippen LogP contribution is -2.14. The highest BCUT2D eigenvalue weighted by atomic mass is 16.5. The van der Waals surface area contributed by atoms with Crippen LogP contribution in [-0.4, -0.2) is 25.7 Å². The molecule has 0 spiro atoms. The van der Waals surface area contributed by atoms with Crippen LogP contribution in [0.2, 0.25) is 0 Å². The van der Waals surface area contributed by atoms with Crippen LogP contribution in [0, 0.1) is 11.3 Å². The van der Waals surface area contributed by atoms with E-state index in [0.717, 1.165) is 0 Å².